The maximum atomic E-state index is 12.8. The van der Waals surface area contributed by atoms with E-state index in [1.807, 2.05) is 0 Å². The summed E-state index contributed by atoms with van der Waals surface area (Å²) in [5, 5.41) is 3.29. The van der Waals surface area contributed by atoms with Crippen molar-refractivity contribution in [3.63, 3.8) is 0 Å². The average Bonchev–Trinajstić information content (AvgIpc) is 3.23. The van der Waals surface area contributed by atoms with Crippen LogP contribution in [0.4, 0.5) is 0 Å². The molecule has 2 heterocycles. The second kappa shape index (κ2) is 6.52. The molecule has 0 aromatic carbocycles. The summed E-state index contributed by atoms with van der Waals surface area (Å²) in [7, 11) is 2.08. The number of piperidine rings is 1. The Morgan fingerprint density at radius 1 is 1.35 bits per heavy atom. The minimum atomic E-state index is 0.0739. The van der Waals surface area contributed by atoms with Crippen LogP contribution in [0.15, 0.2) is 5.38 Å². The van der Waals surface area contributed by atoms with E-state index in [1.165, 1.54) is 19.3 Å². The monoisotopic (exact) mass is 335 g/mol. The molecule has 23 heavy (non-hydrogen) atoms. The fraction of sp³-hybridized carbons (Fsp3) is 0.778. The predicted octanol–water partition coefficient (Wildman–Crippen LogP) is 3.59. The molecule has 1 aromatic rings. The third kappa shape index (κ3) is 3.94. The number of amides is 1. The lowest BCUT2D eigenvalue weighted by molar-refractivity contribution is -0.136. The normalized spacial score (nSPS) is 22.7. The number of carbonyl (C=O) groups is 1. The molecular weight excluding hydrogens is 306 g/mol. The number of likely N-dealkylation sites (N-methyl/N-ethyl adjacent to an activating group) is 1. The van der Waals surface area contributed by atoms with Crippen molar-refractivity contribution < 1.29 is 4.79 Å². The molecule has 1 aliphatic heterocycles. The topological polar surface area (TPSA) is 36.4 Å². The number of hydrogen-bond acceptors (Lipinski definition) is 4. The van der Waals surface area contributed by atoms with Gasteiger partial charge in [0.2, 0.25) is 5.91 Å². The van der Waals surface area contributed by atoms with Gasteiger partial charge in [0.05, 0.1) is 18.3 Å². The third-order valence-corrected chi connectivity index (χ3v) is 5.90. The van der Waals surface area contributed by atoms with Crippen molar-refractivity contribution in [2.24, 2.45) is 0 Å². The highest BCUT2D eigenvalue weighted by molar-refractivity contribution is 7.09. The highest BCUT2D eigenvalue weighted by atomic mass is 32.1. The zero-order valence-electron chi connectivity index (χ0n) is 14.8. The first-order chi connectivity index (χ1) is 10.9. The van der Waals surface area contributed by atoms with Gasteiger partial charge < -0.3 is 4.90 Å². The molecule has 0 N–H and O–H groups in total. The Balaban J connectivity index is 1.72. The highest BCUT2D eigenvalue weighted by Crippen LogP contribution is 2.35. The number of rotatable bonds is 4. The number of nitrogens with zero attached hydrogens (tertiary/aromatic N) is 3. The van der Waals surface area contributed by atoms with Crippen LogP contribution < -0.4 is 0 Å². The molecule has 1 atom stereocenters. The largest absolute Gasteiger partial charge is 0.332 e. The molecule has 1 saturated carbocycles. The van der Waals surface area contributed by atoms with Crippen LogP contribution in [-0.2, 0) is 10.2 Å². The number of hydrogen-bond donors (Lipinski definition) is 0. The first-order valence-electron chi connectivity index (χ1n) is 8.82. The summed E-state index contributed by atoms with van der Waals surface area (Å²) in [4.78, 5) is 22.0. The van der Waals surface area contributed by atoms with Crippen LogP contribution in [-0.4, -0.2) is 46.9 Å². The number of likely N-dealkylation sites (tertiary alicyclic amines) is 1. The van der Waals surface area contributed by atoms with Crippen LogP contribution in [0.3, 0.4) is 0 Å². The molecule has 1 aliphatic carbocycles. The summed E-state index contributed by atoms with van der Waals surface area (Å²) in [6, 6.07) is 0.819. The van der Waals surface area contributed by atoms with Gasteiger partial charge in [-0.05, 0) is 39.2 Å². The van der Waals surface area contributed by atoms with Crippen LogP contribution in [0.1, 0.15) is 69.6 Å². The van der Waals surface area contributed by atoms with Gasteiger partial charge in [0.15, 0.2) is 0 Å². The summed E-state index contributed by atoms with van der Waals surface area (Å²) < 4.78 is 0. The molecule has 128 valence electrons. The van der Waals surface area contributed by atoms with E-state index >= 15 is 0 Å². The van der Waals surface area contributed by atoms with Crippen molar-refractivity contribution in [3.05, 3.63) is 16.1 Å². The van der Waals surface area contributed by atoms with E-state index in [-0.39, 0.29) is 17.4 Å². The molecule has 1 amide bonds. The van der Waals surface area contributed by atoms with E-state index in [0.29, 0.717) is 12.6 Å². The Morgan fingerprint density at radius 3 is 2.70 bits per heavy atom. The average molecular weight is 336 g/mol. The standard InChI is InChI=1S/C18H29N3OS/c1-18(2,3)15-12-23-17(19-15)14-7-5-6-10-21(14)16(22)11-20(4)13-8-9-13/h12-14H,5-11H2,1-4H3/t14-/m1/s1. The van der Waals surface area contributed by atoms with Gasteiger partial charge in [-0.15, -0.1) is 11.3 Å². The molecule has 0 bridgehead atoms. The van der Waals surface area contributed by atoms with Crippen LogP contribution >= 0.6 is 11.3 Å². The van der Waals surface area contributed by atoms with Gasteiger partial charge in [-0.25, -0.2) is 4.98 Å². The highest BCUT2D eigenvalue weighted by Gasteiger charge is 2.33. The molecule has 0 spiro atoms. The van der Waals surface area contributed by atoms with E-state index in [0.717, 1.165) is 30.1 Å². The number of aromatic nitrogens is 1. The van der Waals surface area contributed by atoms with Gasteiger partial charge >= 0.3 is 0 Å². The van der Waals surface area contributed by atoms with Gasteiger partial charge in [-0.1, -0.05) is 20.8 Å². The lowest BCUT2D eigenvalue weighted by atomic mass is 9.93. The Kier molecular flexibility index (Phi) is 4.79. The molecule has 1 aromatic heterocycles. The molecule has 3 rings (SSSR count). The maximum Gasteiger partial charge on any atom is 0.237 e. The summed E-state index contributed by atoms with van der Waals surface area (Å²) >= 11 is 1.72. The Morgan fingerprint density at radius 2 is 2.09 bits per heavy atom. The predicted molar refractivity (Wildman–Crippen MR) is 94.8 cm³/mol. The van der Waals surface area contributed by atoms with E-state index in [2.05, 4.69) is 43.0 Å². The second-order valence-electron chi connectivity index (χ2n) is 8.07. The summed E-state index contributed by atoms with van der Waals surface area (Å²) in [5.74, 6) is 0.275. The molecular formula is C18H29N3OS. The zero-order chi connectivity index (χ0) is 16.6. The quantitative estimate of drug-likeness (QED) is 0.844. The lowest BCUT2D eigenvalue weighted by Crippen LogP contribution is -2.44. The van der Waals surface area contributed by atoms with Crippen molar-refractivity contribution in [3.8, 4) is 0 Å². The minimum Gasteiger partial charge on any atom is -0.332 e. The zero-order valence-corrected chi connectivity index (χ0v) is 15.7. The van der Waals surface area contributed by atoms with Gasteiger partial charge in [0.25, 0.3) is 0 Å². The molecule has 5 heteroatoms. The van der Waals surface area contributed by atoms with Crippen LogP contribution in [0.25, 0.3) is 0 Å². The second-order valence-corrected chi connectivity index (χ2v) is 8.96. The first kappa shape index (κ1) is 16.9. The molecule has 4 nitrogen and oxygen atoms in total. The molecule has 2 aliphatic rings. The molecule has 0 unspecified atom stereocenters. The lowest BCUT2D eigenvalue weighted by Gasteiger charge is -2.35. The Hall–Kier alpha value is -0.940. The first-order valence-corrected chi connectivity index (χ1v) is 9.70. The van der Waals surface area contributed by atoms with Crippen LogP contribution in [0.2, 0.25) is 0 Å². The van der Waals surface area contributed by atoms with E-state index in [1.54, 1.807) is 11.3 Å². The smallest absolute Gasteiger partial charge is 0.237 e. The molecule has 1 saturated heterocycles. The van der Waals surface area contributed by atoms with Crippen molar-refractivity contribution in [2.45, 2.75) is 70.4 Å². The van der Waals surface area contributed by atoms with Crippen molar-refractivity contribution in [2.75, 3.05) is 20.1 Å². The van der Waals surface area contributed by atoms with Gasteiger partial charge in [-0.2, -0.15) is 0 Å². The van der Waals surface area contributed by atoms with E-state index < -0.39 is 0 Å². The number of carbonyl (C=O) groups excluding carboxylic acids is 1. The Bertz CT molecular complexity index is 559. The fourth-order valence-corrected chi connectivity index (χ4v) is 4.41. The molecule has 2 fully saturated rings. The van der Waals surface area contributed by atoms with Crippen molar-refractivity contribution >= 4 is 17.2 Å². The summed E-state index contributed by atoms with van der Waals surface area (Å²) in [5.41, 5.74) is 1.22. The minimum absolute atomic E-state index is 0.0739. The van der Waals surface area contributed by atoms with E-state index in [4.69, 9.17) is 4.98 Å². The SMILES string of the molecule is CN(CC(=O)N1CCCC[C@@H]1c1nc(C(C)(C)C)cs1)C1CC1. The maximum absolute atomic E-state index is 12.8. The third-order valence-electron chi connectivity index (χ3n) is 4.95. The molecule has 0 radical (unpaired) electrons. The summed E-state index contributed by atoms with van der Waals surface area (Å²) in [6.07, 6.45) is 5.85. The Labute approximate surface area is 143 Å². The van der Waals surface area contributed by atoms with Crippen molar-refractivity contribution in [1.29, 1.82) is 0 Å². The van der Waals surface area contributed by atoms with E-state index in [9.17, 15) is 4.79 Å². The van der Waals surface area contributed by atoms with Crippen LogP contribution in [0, 0.1) is 0 Å². The summed E-state index contributed by atoms with van der Waals surface area (Å²) in [6.45, 7) is 8.02. The van der Waals surface area contributed by atoms with Gasteiger partial charge in [0, 0.05) is 23.4 Å². The van der Waals surface area contributed by atoms with Crippen molar-refractivity contribution in [1.82, 2.24) is 14.8 Å². The van der Waals surface area contributed by atoms with Crippen LogP contribution in [0.5, 0.6) is 0 Å². The van der Waals surface area contributed by atoms with Gasteiger partial charge in [0.1, 0.15) is 5.01 Å². The number of thiazole rings is 1. The fourth-order valence-electron chi connectivity index (χ4n) is 3.22. The van der Waals surface area contributed by atoms with Gasteiger partial charge in [-0.3, -0.25) is 9.69 Å².